The highest BCUT2D eigenvalue weighted by molar-refractivity contribution is 6.32. The normalized spacial score (nSPS) is 19.3. The Hall–Kier alpha value is -4.69. The van der Waals surface area contributed by atoms with Crippen LogP contribution < -0.4 is 24.8 Å². The van der Waals surface area contributed by atoms with E-state index in [2.05, 4.69) is 63.8 Å². The number of alkyl halides is 1. The van der Waals surface area contributed by atoms with Crippen molar-refractivity contribution in [2.75, 3.05) is 32.8 Å². The number of rotatable bonds is 14. The van der Waals surface area contributed by atoms with Gasteiger partial charge >= 0.3 is 0 Å². The molecule has 2 atom stereocenters. The van der Waals surface area contributed by atoms with Gasteiger partial charge in [0.1, 0.15) is 41.7 Å². The van der Waals surface area contributed by atoms with Gasteiger partial charge in [0, 0.05) is 74.8 Å². The number of hydrogen-bond acceptors (Lipinski definition) is 8. The predicted molar refractivity (Wildman–Crippen MR) is 211 cm³/mol. The van der Waals surface area contributed by atoms with E-state index >= 15 is 0 Å². The first kappa shape index (κ1) is 38.6. The smallest absolute Gasteiger partial charge is 0.220 e. The van der Waals surface area contributed by atoms with Crippen LogP contribution in [0.2, 0.25) is 5.02 Å². The molecule has 2 saturated heterocycles. The van der Waals surface area contributed by atoms with Crippen LogP contribution in [0.15, 0.2) is 67.0 Å². The molecule has 3 aliphatic rings. The first-order valence-electron chi connectivity index (χ1n) is 19.4. The monoisotopic (exact) mass is 765 g/mol. The van der Waals surface area contributed by atoms with Crippen LogP contribution in [0, 0.1) is 18.3 Å². The van der Waals surface area contributed by atoms with Crippen molar-refractivity contribution >= 4 is 17.5 Å². The lowest BCUT2D eigenvalue weighted by Crippen LogP contribution is -2.45. The van der Waals surface area contributed by atoms with E-state index in [1.165, 1.54) is 17.3 Å². The van der Waals surface area contributed by atoms with E-state index in [0.29, 0.717) is 61.0 Å². The Morgan fingerprint density at radius 1 is 1.04 bits per heavy atom. The lowest BCUT2D eigenvalue weighted by atomic mass is 9.93. The molecule has 3 heterocycles. The Morgan fingerprint density at radius 2 is 1.85 bits per heavy atom. The molecule has 0 spiro atoms. The Morgan fingerprint density at radius 3 is 2.65 bits per heavy atom. The summed E-state index contributed by atoms with van der Waals surface area (Å²) in [5, 5.41) is 16.3. The van der Waals surface area contributed by atoms with Crippen LogP contribution in [0.4, 0.5) is 4.39 Å². The predicted octanol–water partition coefficient (Wildman–Crippen LogP) is 8.19. The molecule has 0 saturated carbocycles. The van der Waals surface area contributed by atoms with Gasteiger partial charge in [-0.3, -0.25) is 9.78 Å². The molecule has 3 aromatic carbocycles. The summed E-state index contributed by atoms with van der Waals surface area (Å²) in [5.41, 5.74) is 6.89. The number of aromatic nitrogens is 1. The minimum atomic E-state index is -1.03. The molecule has 1 aliphatic carbocycles. The number of nitrogens with one attached hydrogen (secondary N) is 2. The number of amides is 1. The molecule has 4 aromatic rings. The average molecular weight is 766 g/mol. The number of carbonyl (C=O) groups is 1. The quantitative estimate of drug-likeness (QED) is 0.124. The van der Waals surface area contributed by atoms with Crippen molar-refractivity contribution in [2.45, 2.75) is 89.8 Å². The number of pyridine rings is 1. The van der Waals surface area contributed by atoms with Gasteiger partial charge in [-0.05, 0) is 98.4 Å². The maximum absolute atomic E-state index is 14.2. The molecule has 9 nitrogen and oxygen atoms in total. The fourth-order valence-corrected chi connectivity index (χ4v) is 8.04. The maximum atomic E-state index is 14.2. The Bertz CT molecular complexity index is 2030. The van der Waals surface area contributed by atoms with Gasteiger partial charge in [-0.1, -0.05) is 41.9 Å². The number of hydrogen-bond donors (Lipinski definition) is 2. The fraction of sp³-hybridized carbons (Fsp3) is 0.432. The molecule has 2 fully saturated rings. The molecule has 1 amide bonds. The average Bonchev–Trinajstić information content (AvgIpc) is 3.60. The molecular formula is C44H49ClFN5O4. The molecule has 55 heavy (non-hydrogen) atoms. The molecule has 1 aromatic heterocycles. The Kier molecular flexibility index (Phi) is 12.2. The van der Waals surface area contributed by atoms with Crippen molar-refractivity contribution < 1.29 is 23.4 Å². The third-order valence-electron chi connectivity index (χ3n) is 11.1. The summed E-state index contributed by atoms with van der Waals surface area (Å²) >= 11 is 6.93. The molecule has 2 aliphatic heterocycles. The van der Waals surface area contributed by atoms with E-state index in [-0.39, 0.29) is 24.7 Å². The molecular weight excluding hydrogens is 717 g/mol. The minimum absolute atomic E-state index is 0.0718. The largest absolute Gasteiger partial charge is 0.493 e. The van der Waals surface area contributed by atoms with E-state index in [1.54, 1.807) is 19.2 Å². The number of likely N-dealkylation sites (tertiary alicyclic amines) is 1. The second-order valence-corrected chi connectivity index (χ2v) is 15.6. The number of carbonyl (C=O) groups excluding carboxylic acids is 1. The summed E-state index contributed by atoms with van der Waals surface area (Å²) in [6.07, 6.45) is 8.00. The Balaban J connectivity index is 1.05. The third kappa shape index (κ3) is 9.58. The second kappa shape index (κ2) is 17.4. The van der Waals surface area contributed by atoms with E-state index in [1.807, 2.05) is 18.2 Å². The van der Waals surface area contributed by atoms with Gasteiger partial charge in [0.15, 0.2) is 0 Å². The van der Waals surface area contributed by atoms with Gasteiger partial charge in [0.05, 0.1) is 17.2 Å². The second-order valence-electron chi connectivity index (χ2n) is 15.2. The molecule has 2 N–H and O–H groups in total. The van der Waals surface area contributed by atoms with Crippen LogP contribution in [0.5, 0.6) is 17.2 Å². The third-order valence-corrected chi connectivity index (χ3v) is 11.4. The van der Waals surface area contributed by atoms with Crippen LogP contribution >= 0.6 is 11.6 Å². The van der Waals surface area contributed by atoms with Gasteiger partial charge in [0.2, 0.25) is 5.91 Å². The molecule has 11 heteroatoms. The number of nitriles is 1. The zero-order valence-electron chi connectivity index (χ0n) is 31.6. The molecule has 0 radical (unpaired) electrons. The van der Waals surface area contributed by atoms with Crippen molar-refractivity contribution in [2.24, 2.45) is 0 Å². The van der Waals surface area contributed by atoms with Gasteiger partial charge in [-0.25, -0.2) is 4.39 Å². The summed E-state index contributed by atoms with van der Waals surface area (Å²) < 4.78 is 33.6. The number of halogens is 2. The Labute approximate surface area is 328 Å². The molecule has 0 bridgehead atoms. The van der Waals surface area contributed by atoms with Gasteiger partial charge in [-0.15, -0.1) is 0 Å². The highest BCUT2D eigenvalue weighted by Crippen LogP contribution is 2.44. The van der Waals surface area contributed by atoms with E-state index in [0.717, 1.165) is 78.9 Å². The van der Waals surface area contributed by atoms with E-state index < -0.39 is 5.67 Å². The topological polar surface area (TPSA) is 109 Å². The van der Waals surface area contributed by atoms with E-state index in [4.69, 9.17) is 25.8 Å². The van der Waals surface area contributed by atoms with Crippen molar-refractivity contribution in [3.8, 4) is 34.4 Å². The SMILES string of the molecule is Cc1c(OCCCN2CCC(C)(F)CC2)cccc1-c1cccc2c1CC[C@@H]2Oc1cc(OCc2cncc(C#N)c2)c(CN[C@@H]2CCC(=O)NC2)cc1Cl. The van der Waals surface area contributed by atoms with Crippen molar-refractivity contribution in [3.05, 3.63) is 105 Å². The van der Waals surface area contributed by atoms with Crippen LogP contribution in [0.1, 0.15) is 84.9 Å². The standard InChI is InChI=1S/C44H49ClFN5O4/c1-29-34(6-4-9-39(29)53-19-5-16-51-17-14-44(2,46)15-18-51)35-7-3-8-37-36(35)11-12-40(37)55-42-22-41(54-28-31-20-30(23-47)24-48-25-31)32(21-38(42)45)26-49-33-10-13-43(52)50-27-33/h3-4,6-9,20-22,24-25,33,40,49H,5,10-19,26-28H2,1-2H3,(H,50,52)/t33-,40+/m1/s1. The van der Waals surface area contributed by atoms with Crippen molar-refractivity contribution in [1.29, 1.82) is 5.26 Å². The van der Waals surface area contributed by atoms with Crippen LogP contribution in [-0.2, 0) is 24.4 Å². The number of fused-ring (bicyclic) bond motifs is 1. The minimum Gasteiger partial charge on any atom is -0.493 e. The summed E-state index contributed by atoms with van der Waals surface area (Å²) in [6.45, 7) is 8.22. The van der Waals surface area contributed by atoms with Gasteiger partial charge < -0.3 is 29.7 Å². The van der Waals surface area contributed by atoms with Crippen LogP contribution in [0.25, 0.3) is 11.1 Å². The molecule has 288 valence electrons. The first-order valence-corrected chi connectivity index (χ1v) is 19.8. The lowest BCUT2D eigenvalue weighted by Gasteiger charge is -2.34. The molecule has 0 unspecified atom stereocenters. The fourth-order valence-electron chi connectivity index (χ4n) is 7.81. The van der Waals surface area contributed by atoms with Gasteiger partial charge in [-0.2, -0.15) is 5.26 Å². The zero-order chi connectivity index (χ0) is 38.4. The maximum Gasteiger partial charge on any atom is 0.220 e. The summed E-state index contributed by atoms with van der Waals surface area (Å²) in [6, 6.07) is 20.4. The van der Waals surface area contributed by atoms with Crippen LogP contribution in [-0.4, -0.2) is 60.3 Å². The van der Waals surface area contributed by atoms with Gasteiger partial charge in [0.25, 0.3) is 0 Å². The van der Waals surface area contributed by atoms with Crippen molar-refractivity contribution in [1.82, 2.24) is 20.5 Å². The number of nitrogens with zero attached hydrogens (tertiary/aromatic N) is 3. The first-order chi connectivity index (χ1) is 26.7. The highest BCUT2D eigenvalue weighted by Gasteiger charge is 2.30. The summed E-state index contributed by atoms with van der Waals surface area (Å²) in [5.74, 6) is 2.11. The zero-order valence-corrected chi connectivity index (χ0v) is 32.4. The van der Waals surface area contributed by atoms with Crippen molar-refractivity contribution in [3.63, 3.8) is 0 Å². The number of piperidine rings is 2. The summed E-state index contributed by atoms with van der Waals surface area (Å²) in [7, 11) is 0. The van der Waals surface area contributed by atoms with E-state index in [9.17, 15) is 14.4 Å². The van der Waals surface area contributed by atoms with Crippen LogP contribution in [0.3, 0.4) is 0 Å². The lowest BCUT2D eigenvalue weighted by molar-refractivity contribution is -0.122. The number of ether oxygens (including phenoxy) is 3. The number of benzene rings is 3. The molecule has 7 rings (SSSR count). The summed E-state index contributed by atoms with van der Waals surface area (Å²) in [4.78, 5) is 18.2. The highest BCUT2D eigenvalue weighted by atomic mass is 35.5.